The number of hydrogen-bond donors (Lipinski definition) is 2. The first-order valence-corrected chi connectivity index (χ1v) is 10.9. The second kappa shape index (κ2) is 11.8. The van der Waals surface area contributed by atoms with Gasteiger partial charge in [0.15, 0.2) is 0 Å². The summed E-state index contributed by atoms with van der Waals surface area (Å²) in [6, 6.07) is 9.36. The molecule has 0 aliphatic carbocycles. The van der Waals surface area contributed by atoms with E-state index in [0.717, 1.165) is 16.9 Å². The van der Waals surface area contributed by atoms with Crippen molar-refractivity contribution >= 4 is 23.2 Å². The van der Waals surface area contributed by atoms with Crippen molar-refractivity contribution in [2.24, 2.45) is 0 Å². The van der Waals surface area contributed by atoms with Crippen LogP contribution < -0.4 is 15.4 Å². The third-order valence-corrected chi connectivity index (χ3v) is 5.00. The SMILES string of the molecule is Cc1ccc(OCCN(C)C(=O)Cn2cc(NC(=O)CCNc3cc(C)cnc3F)cn2)cc1. The summed E-state index contributed by atoms with van der Waals surface area (Å²) < 4.78 is 20.8. The quantitative estimate of drug-likeness (QED) is 0.420. The molecule has 0 fully saturated rings. The van der Waals surface area contributed by atoms with Gasteiger partial charge in [0.2, 0.25) is 17.8 Å². The van der Waals surface area contributed by atoms with Crippen molar-refractivity contribution in [3.63, 3.8) is 0 Å². The molecule has 3 aromatic rings. The maximum Gasteiger partial charge on any atom is 0.244 e. The number of aromatic nitrogens is 3. The average molecular weight is 469 g/mol. The summed E-state index contributed by atoms with van der Waals surface area (Å²) in [5, 5.41) is 9.71. The lowest BCUT2D eigenvalue weighted by molar-refractivity contribution is -0.131. The third-order valence-electron chi connectivity index (χ3n) is 5.00. The minimum absolute atomic E-state index is 0.0398. The van der Waals surface area contributed by atoms with Crippen LogP contribution in [0.1, 0.15) is 17.5 Å². The Balaban J connectivity index is 1.38. The summed E-state index contributed by atoms with van der Waals surface area (Å²) >= 11 is 0. The molecule has 0 unspecified atom stereocenters. The predicted octanol–water partition coefficient (Wildman–Crippen LogP) is 3.01. The molecule has 0 saturated carbocycles. The zero-order chi connectivity index (χ0) is 24.5. The van der Waals surface area contributed by atoms with Gasteiger partial charge < -0.3 is 20.3 Å². The summed E-state index contributed by atoms with van der Waals surface area (Å²) in [5.41, 5.74) is 2.71. The largest absolute Gasteiger partial charge is 0.492 e. The number of pyridine rings is 1. The van der Waals surface area contributed by atoms with Crippen molar-refractivity contribution in [3.05, 3.63) is 66.0 Å². The number of benzene rings is 1. The van der Waals surface area contributed by atoms with Crippen LogP contribution in [0.2, 0.25) is 0 Å². The number of ether oxygens (including phenoxy) is 1. The molecular weight excluding hydrogens is 439 g/mol. The number of rotatable bonds is 11. The fourth-order valence-corrected chi connectivity index (χ4v) is 3.04. The maximum absolute atomic E-state index is 13.6. The standard InChI is InChI=1S/C24H29FN6O3/c1-17-4-6-20(7-5-17)34-11-10-30(3)23(33)16-31-15-19(14-28-31)29-22(32)8-9-26-21-12-18(2)13-27-24(21)25/h4-7,12-15,26H,8-11,16H2,1-3H3,(H,29,32). The van der Waals surface area contributed by atoms with Crippen molar-refractivity contribution in [2.75, 3.05) is 37.4 Å². The van der Waals surface area contributed by atoms with E-state index in [0.29, 0.717) is 18.8 Å². The van der Waals surface area contributed by atoms with E-state index in [9.17, 15) is 14.0 Å². The van der Waals surface area contributed by atoms with Crippen molar-refractivity contribution in [1.29, 1.82) is 0 Å². The predicted molar refractivity (Wildman–Crippen MR) is 127 cm³/mol. The van der Waals surface area contributed by atoms with Crippen LogP contribution in [0.4, 0.5) is 15.8 Å². The lowest BCUT2D eigenvalue weighted by Crippen LogP contribution is -2.33. The Morgan fingerprint density at radius 2 is 1.91 bits per heavy atom. The van der Waals surface area contributed by atoms with Gasteiger partial charge in [-0.05, 0) is 37.6 Å². The number of carbonyl (C=O) groups is 2. The molecule has 0 radical (unpaired) electrons. The minimum Gasteiger partial charge on any atom is -0.492 e. The van der Waals surface area contributed by atoms with Crippen LogP contribution >= 0.6 is 0 Å². The first-order valence-electron chi connectivity index (χ1n) is 10.9. The lowest BCUT2D eigenvalue weighted by Gasteiger charge is -2.17. The highest BCUT2D eigenvalue weighted by Gasteiger charge is 2.12. The number of aryl methyl sites for hydroxylation is 2. The number of likely N-dealkylation sites (N-methyl/N-ethyl adjacent to an activating group) is 1. The first kappa shape index (κ1) is 24.7. The normalized spacial score (nSPS) is 10.6. The van der Waals surface area contributed by atoms with Gasteiger partial charge in [-0.3, -0.25) is 14.3 Å². The zero-order valence-corrected chi connectivity index (χ0v) is 19.5. The second-order valence-corrected chi connectivity index (χ2v) is 7.98. The summed E-state index contributed by atoms with van der Waals surface area (Å²) in [6.07, 6.45) is 4.63. The highest BCUT2D eigenvalue weighted by molar-refractivity contribution is 5.90. The van der Waals surface area contributed by atoms with Crippen molar-refractivity contribution in [2.45, 2.75) is 26.8 Å². The van der Waals surface area contributed by atoms with Gasteiger partial charge in [0.1, 0.15) is 18.9 Å². The third kappa shape index (κ3) is 7.58. The Hall–Kier alpha value is -3.95. The molecular formula is C24H29FN6O3. The molecule has 180 valence electrons. The van der Waals surface area contributed by atoms with Gasteiger partial charge in [-0.2, -0.15) is 9.49 Å². The highest BCUT2D eigenvalue weighted by Crippen LogP contribution is 2.13. The molecule has 2 aromatic heterocycles. The monoisotopic (exact) mass is 468 g/mol. The topological polar surface area (TPSA) is 101 Å². The number of nitrogens with one attached hydrogen (secondary N) is 2. The van der Waals surface area contributed by atoms with Gasteiger partial charge in [0.25, 0.3) is 0 Å². The highest BCUT2D eigenvalue weighted by atomic mass is 19.1. The Morgan fingerprint density at radius 1 is 1.15 bits per heavy atom. The van der Waals surface area contributed by atoms with E-state index in [4.69, 9.17) is 4.74 Å². The summed E-state index contributed by atoms with van der Waals surface area (Å²) in [6.45, 7) is 4.91. The fraction of sp³-hybridized carbons (Fsp3) is 0.333. The zero-order valence-electron chi connectivity index (χ0n) is 19.5. The Labute approximate surface area is 197 Å². The van der Waals surface area contributed by atoms with Crippen LogP contribution in [-0.4, -0.2) is 58.2 Å². The molecule has 0 aliphatic rings. The molecule has 3 rings (SSSR count). The summed E-state index contributed by atoms with van der Waals surface area (Å²) in [4.78, 5) is 29.8. The Morgan fingerprint density at radius 3 is 2.68 bits per heavy atom. The average Bonchev–Trinajstić information content (AvgIpc) is 3.23. The van der Waals surface area contributed by atoms with Crippen LogP contribution in [0, 0.1) is 19.8 Å². The molecule has 0 bridgehead atoms. The van der Waals surface area contributed by atoms with Crippen LogP contribution in [-0.2, 0) is 16.1 Å². The molecule has 9 nitrogen and oxygen atoms in total. The van der Waals surface area contributed by atoms with Crippen LogP contribution in [0.5, 0.6) is 5.75 Å². The van der Waals surface area contributed by atoms with Gasteiger partial charge in [0.05, 0.1) is 24.1 Å². The number of anilines is 2. The van der Waals surface area contributed by atoms with E-state index in [1.165, 1.54) is 17.1 Å². The number of hydrogen-bond acceptors (Lipinski definition) is 6. The molecule has 0 atom stereocenters. The summed E-state index contributed by atoms with van der Waals surface area (Å²) in [5.74, 6) is -0.241. The molecule has 10 heteroatoms. The molecule has 2 heterocycles. The van der Waals surface area contributed by atoms with Crippen molar-refractivity contribution in [3.8, 4) is 5.75 Å². The van der Waals surface area contributed by atoms with Crippen molar-refractivity contribution in [1.82, 2.24) is 19.7 Å². The maximum atomic E-state index is 13.6. The van der Waals surface area contributed by atoms with Crippen molar-refractivity contribution < 1.29 is 18.7 Å². The number of nitrogens with zero attached hydrogens (tertiary/aromatic N) is 4. The van der Waals surface area contributed by atoms with E-state index in [1.54, 1.807) is 24.2 Å². The summed E-state index contributed by atoms with van der Waals surface area (Å²) in [7, 11) is 1.70. The van der Waals surface area contributed by atoms with Gasteiger partial charge in [-0.1, -0.05) is 17.7 Å². The van der Waals surface area contributed by atoms with Gasteiger partial charge >= 0.3 is 0 Å². The lowest BCUT2D eigenvalue weighted by atomic mass is 10.2. The van der Waals surface area contributed by atoms with E-state index in [-0.39, 0.29) is 37.0 Å². The smallest absolute Gasteiger partial charge is 0.244 e. The van der Waals surface area contributed by atoms with Gasteiger partial charge in [-0.25, -0.2) is 4.98 Å². The fourth-order valence-electron chi connectivity index (χ4n) is 3.04. The van der Waals surface area contributed by atoms with E-state index < -0.39 is 5.95 Å². The van der Waals surface area contributed by atoms with E-state index >= 15 is 0 Å². The molecule has 34 heavy (non-hydrogen) atoms. The Bertz CT molecular complexity index is 1120. The molecule has 1 aromatic carbocycles. The number of carbonyl (C=O) groups excluding carboxylic acids is 2. The van der Waals surface area contributed by atoms with Crippen LogP contribution in [0.15, 0.2) is 48.9 Å². The molecule has 2 amide bonds. The van der Waals surface area contributed by atoms with Gasteiger partial charge in [0, 0.05) is 32.4 Å². The van der Waals surface area contributed by atoms with Crippen LogP contribution in [0.3, 0.4) is 0 Å². The molecule has 2 N–H and O–H groups in total. The first-order chi connectivity index (χ1) is 16.3. The van der Waals surface area contributed by atoms with E-state index in [1.807, 2.05) is 38.1 Å². The molecule has 0 spiro atoms. The second-order valence-electron chi connectivity index (χ2n) is 7.98. The van der Waals surface area contributed by atoms with Gasteiger partial charge in [-0.15, -0.1) is 0 Å². The van der Waals surface area contributed by atoms with E-state index in [2.05, 4.69) is 20.7 Å². The molecule has 0 saturated heterocycles. The van der Waals surface area contributed by atoms with Crippen LogP contribution in [0.25, 0.3) is 0 Å². The number of halogens is 1. The Kier molecular flexibility index (Phi) is 8.55. The molecule has 0 aliphatic heterocycles. The number of amides is 2. The minimum atomic E-state index is -0.608.